The van der Waals surface area contributed by atoms with Crippen LogP contribution in [0.25, 0.3) is 0 Å². The number of amides is 4. The molecule has 4 amide bonds. The highest BCUT2D eigenvalue weighted by Gasteiger charge is 2.30. The number of nitriles is 1. The van der Waals surface area contributed by atoms with Crippen molar-refractivity contribution in [2.45, 2.75) is 71.8 Å². The fourth-order valence-corrected chi connectivity index (χ4v) is 3.88. The first-order chi connectivity index (χ1) is 17.7. The van der Waals surface area contributed by atoms with Gasteiger partial charge in [-0.25, -0.2) is 4.79 Å². The highest BCUT2D eigenvalue weighted by Crippen LogP contribution is 2.13. The maximum absolute atomic E-state index is 13.1. The van der Waals surface area contributed by atoms with Crippen molar-refractivity contribution in [3.05, 3.63) is 70.8 Å². The second-order valence-corrected chi connectivity index (χ2v) is 9.40. The molecule has 0 heterocycles. The summed E-state index contributed by atoms with van der Waals surface area (Å²) in [4.78, 5) is 38.2. The fourth-order valence-electron chi connectivity index (χ4n) is 3.88. The minimum absolute atomic E-state index is 0.0734. The molecule has 198 valence electrons. The van der Waals surface area contributed by atoms with E-state index in [-0.39, 0.29) is 12.5 Å². The molecule has 3 atom stereocenters. The molecule has 0 radical (unpaired) electrons. The largest absolute Gasteiger partial charge is 0.381 e. The Morgan fingerprint density at radius 2 is 1.65 bits per heavy atom. The molecule has 0 fully saturated rings. The number of hydrogen-bond donors (Lipinski definition) is 5. The Hall–Kier alpha value is -3.90. The van der Waals surface area contributed by atoms with Gasteiger partial charge in [0.15, 0.2) is 6.10 Å². The predicted molar refractivity (Wildman–Crippen MR) is 141 cm³/mol. The fraction of sp³-hybridized carbons (Fsp3) is 0.429. The molecule has 0 aliphatic carbocycles. The van der Waals surface area contributed by atoms with E-state index in [9.17, 15) is 24.8 Å². The van der Waals surface area contributed by atoms with Gasteiger partial charge in [0.05, 0.1) is 17.7 Å². The lowest BCUT2D eigenvalue weighted by Gasteiger charge is -2.26. The van der Waals surface area contributed by atoms with Gasteiger partial charge in [0.2, 0.25) is 5.91 Å². The summed E-state index contributed by atoms with van der Waals surface area (Å²) in [5.74, 6) is -1.03. The van der Waals surface area contributed by atoms with Crippen molar-refractivity contribution >= 4 is 17.8 Å². The van der Waals surface area contributed by atoms with E-state index in [1.807, 2.05) is 57.2 Å². The first kappa shape index (κ1) is 29.3. The summed E-state index contributed by atoms with van der Waals surface area (Å²) in [6.07, 6.45) is -0.827. The zero-order chi connectivity index (χ0) is 27.4. The Labute approximate surface area is 218 Å². The number of nitrogens with zero attached hydrogens (tertiary/aromatic N) is 1. The van der Waals surface area contributed by atoms with Crippen molar-refractivity contribution in [2.24, 2.45) is 5.92 Å². The van der Waals surface area contributed by atoms with E-state index >= 15 is 0 Å². The quantitative estimate of drug-likeness (QED) is 0.300. The first-order valence-corrected chi connectivity index (χ1v) is 12.5. The van der Waals surface area contributed by atoms with Crippen molar-refractivity contribution in [2.75, 3.05) is 0 Å². The topological polar surface area (TPSA) is 143 Å². The number of hydrogen-bond acceptors (Lipinski definition) is 5. The van der Waals surface area contributed by atoms with Gasteiger partial charge >= 0.3 is 6.03 Å². The minimum atomic E-state index is -1.50. The van der Waals surface area contributed by atoms with Gasteiger partial charge in [-0.2, -0.15) is 5.26 Å². The second kappa shape index (κ2) is 14.6. The molecule has 0 saturated carbocycles. The predicted octanol–water partition coefficient (Wildman–Crippen LogP) is 2.65. The van der Waals surface area contributed by atoms with Crippen LogP contribution in [-0.2, 0) is 22.7 Å². The van der Waals surface area contributed by atoms with Gasteiger partial charge < -0.3 is 26.4 Å². The van der Waals surface area contributed by atoms with Gasteiger partial charge in [-0.15, -0.1) is 0 Å². The number of aliphatic hydroxyl groups is 1. The zero-order valence-electron chi connectivity index (χ0n) is 21.9. The number of urea groups is 1. The summed E-state index contributed by atoms with van der Waals surface area (Å²) in [5.41, 5.74) is 2.84. The molecular formula is C28H37N5O4. The molecule has 9 heteroatoms. The molecule has 0 aromatic heterocycles. The van der Waals surface area contributed by atoms with Crippen LogP contribution < -0.4 is 21.3 Å². The molecule has 37 heavy (non-hydrogen) atoms. The summed E-state index contributed by atoms with van der Waals surface area (Å²) in [7, 11) is 0. The SMILES string of the molecule is CCC(NC(=O)[C@H](CC(C)C)NC(=O)NCc1ccccc1)C(O)C(=O)NCc1cccc(C)c1C#N. The van der Waals surface area contributed by atoms with E-state index in [1.165, 1.54) is 0 Å². The Morgan fingerprint density at radius 1 is 0.946 bits per heavy atom. The van der Waals surface area contributed by atoms with Crippen molar-refractivity contribution < 1.29 is 19.5 Å². The Morgan fingerprint density at radius 3 is 2.27 bits per heavy atom. The number of nitrogens with one attached hydrogen (secondary N) is 4. The molecule has 2 rings (SSSR count). The van der Waals surface area contributed by atoms with E-state index in [2.05, 4.69) is 27.3 Å². The van der Waals surface area contributed by atoms with Crippen LogP contribution in [0.3, 0.4) is 0 Å². The Balaban J connectivity index is 1.98. The normalized spacial score (nSPS) is 13.1. The number of aryl methyl sites for hydroxylation is 1. The van der Waals surface area contributed by atoms with Crippen LogP contribution in [0.1, 0.15) is 55.9 Å². The van der Waals surface area contributed by atoms with Crippen LogP contribution in [0.5, 0.6) is 0 Å². The summed E-state index contributed by atoms with van der Waals surface area (Å²) >= 11 is 0. The van der Waals surface area contributed by atoms with E-state index < -0.39 is 36.0 Å². The molecule has 0 spiro atoms. The van der Waals surface area contributed by atoms with Gasteiger partial charge in [-0.05, 0) is 42.4 Å². The number of aliphatic hydroxyl groups excluding tert-OH is 1. The molecule has 0 aliphatic rings. The minimum Gasteiger partial charge on any atom is -0.381 e. The smallest absolute Gasteiger partial charge is 0.315 e. The van der Waals surface area contributed by atoms with Crippen LogP contribution in [-0.4, -0.2) is 41.1 Å². The molecule has 0 aliphatic heterocycles. The number of rotatable bonds is 12. The van der Waals surface area contributed by atoms with Crippen LogP contribution in [0.2, 0.25) is 0 Å². The van der Waals surface area contributed by atoms with E-state index in [0.717, 1.165) is 11.1 Å². The van der Waals surface area contributed by atoms with Gasteiger partial charge in [-0.3, -0.25) is 9.59 Å². The molecular weight excluding hydrogens is 470 g/mol. The van der Waals surface area contributed by atoms with E-state index in [4.69, 9.17) is 0 Å². The third-order valence-corrected chi connectivity index (χ3v) is 5.97. The van der Waals surface area contributed by atoms with Crippen molar-refractivity contribution in [1.29, 1.82) is 5.26 Å². The summed E-state index contributed by atoms with van der Waals surface area (Å²) in [6, 6.07) is 14.7. The van der Waals surface area contributed by atoms with E-state index in [0.29, 0.717) is 30.5 Å². The monoisotopic (exact) mass is 507 g/mol. The molecule has 2 aromatic carbocycles. The van der Waals surface area contributed by atoms with Gasteiger partial charge in [0.1, 0.15) is 6.04 Å². The molecule has 5 N–H and O–H groups in total. The summed E-state index contributed by atoms with van der Waals surface area (Å²) < 4.78 is 0. The molecule has 0 bridgehead atoms. The number of carbonyl (C=O) groups excluding carboxylic acids is 3. The third kappa shape index (κ3) is 9.24. The summed E-state index contributed by atoms with van der Waals surface area (Å²) in [6.45, 7) is 7.81. The van der Waals surface area contributed by atoms with Crippen LogP contribution in [0.4, 0.5) is 4.79 Å². The highest BCUT2D eigenvalue weighted by atomic mass is 16.3. The van der Waals surface area contributed by atoms with Gasteiger partial charge in [-0.1, -0.05) is 69.3 Å². The van der Waals surface area contributed by atoms with E-state index in [1.54, 1.807) is 19.1 Å². The second-order valence-electron chi connectivity index (χ2n) is 9.40. The third-order valence-electron chi connectivity index (χ3n) is 5.97. The van der Waals surface area contributed by atoms with Gasteiger partial charge in [0, 0.05) is 13.1 Å². The summed E-state index contributed by atoms with van der Waals surface area (Å²) in [5, 5.41) is 30.8. The first-order valence-electron chi connectivity index (χ1n) is 12.5. The number of benzene rings is 2. The van der Waals surface area contributed by atoms with Crippen molar-refractivity contribution in [3.8, 4) is 6.07 Å². The molecule has 2 aromatic rings. The highest BCUT2D eigenvalue weighted by molar-refractivity contribution is 5.88. The average Bonchev–Trinajstić information content (AvgIpc) is 2.88. The molecule has 9 nitrogen and oxygen atoms in total. The Kier molecular flexibility index (Phi) is 11.6. The average molecular weight is 508 g/mol. The van der Waals surface area contributed by atoms with Crippen molar-refractivity contribution in [3.63, 3.8) is 0 Å². The maximum atomic E-state index is 13.1. The van der Waals surface area contributed by atoms with Gasteiger partial charge in [0.25, 0.3) is 5.91 Å². The lowest BCUT2D eigenvalue weighted by Crippen LogP contribution is -2.56. The van der Waals surface area contributed by atoms with Crippen LogP contribution in [0.15, 0.2) is 48.5 Å². The lowest BCUT2D eigenvalue weighted by atomic mass is 10.0. The number of carbonyl (C=O) groups is 3. The standard InChI is InChI=1S/C28H37N5O4/c1-5-23(25(34)27(36)30-17-21-13-9-10-19(4)22(21)15-29)32-26(35)24(14-18(2)3)33-28(37)31-16-20-11-7-6-8-12-20/h6-13,18,23-25,34H,5,14,16-17H2,1-4H3,(H,30,36)(H,32,35)(H2,31,33,37)/t23?,24-,25?/m0/s1. The molecule has 2 unspecified atom stereocenters. The lowest BCUT2D eigenvalue weighted by molar-refractivity contribution is -0.132. The van der Waals surface area contributed by atoms with Crippen LogP contribution >= 0.6 is 0 Å². The maximum Gasteiger partial charge on any atom is 0.315 e. The zero-order valence-corrected chi connectivity index (χ0v) is 21.9. The molecule has 0 saturated heterocycles. The Bertz CT molecular complexity index is 1100. The van der Waals surface area contributed by atoms with Crippen molar-refractivity contribution in [1.82, 2.24) is 21.3 Å². The van der Waals surface area contributed by atoms with Crippen LogP contribution in [0, 0.1) is 24.2 Å².